The SMILES string of the molecule is FC(F)c1cc(-c2cccnc2)n[nH]1. The van der Waals surface area contributed by atoms with Crippen molar-refractivity contribution in [2.45, 2.75) is 6.43 Å². The molecule has 0 saturated heterocycles. The normalized spacial score (nSPS) is 10.8. The van der Waals surface area contributed by atoms with Gasteiger partial charge in [-0.05, 0) is 18.2 Å². The van der Waals surface area contributed by atoms with Crippen molar-refractivity contribution in [3.63, 3.8) is 0 Å². The zero-order chi connectivity index (χ0) is 9.97. The van der Waals surface area contributed by atoms with Crippen LogP contribution in [0.15, 0.2) is 30.6 Å². The monoisotopic (exact) mass is 195 g/mol. The maximum Gasteiger partial charge on any atom is 0.279 e. The van der Waals surface area contributed by atoms with E-state index in [1.54, 1.807) is 24.5 Å². The van der Waals surface area contributed by atoms with E-state index in [4.69, 9.17) is 0 Å². The Morgan fingerprint density at radius 3 is 2.79 bits per heavy atom. The van der Waals surface area contributed by atoms with Crippen LogP contribution in [-0.4, -0.2) is 15.2 Å². The lowest BCUT2D eigenvalue weighted by Crippen LogP contribution is -1.81. The van der Waals surface area contributed by atoms with Crippen LogP contribution in [0.25, 0.3) is 11.3 Å². The summed E-state index contributed by atoms with van der Waals surface area (Å²) in [5.41, 5.74) is 1.02. The van der Waals surface area contributed by atoms with E-state index in [1.165, 1.54) is 6.07 Å². The number of hydrogen-bond donors (Lipinski definition) is 1. The van der Waals surface area contributed by atoms with Crippen molar-refractivity contribution >= 4 is 0 Å². The summed E-state index contributed by atoms with van der Waals surface area (Å²) < 4.78 is 24.4. The largest absolute Gasteiger partial charge is 0.279 e. The minimum absolute atomic E-state index is 0.177. The second-order valence-corrected chi connectivity index (χ2v) is 2.75. The molecule has 0 unspecified atom stereocenters. The number of aromatic amines is 1. The predicted molar refractivity (Wildman–Crippen MR) is 46.8 cm³/mol. The molecule has 0 spiro atoms. The van der Waals surface area contributed by atoms with Gasteiger partial charge in [-0.25, -0.2) is 8.78 Å². The van der Waals surface area contributed by atoms with Crippen LogP contribution in [0.1, 0.15) is 12.1 Å². The third-order valence-electron chi connectivity index (χ3n) is 1.79. The first kappa shape index (κ1) is 8.80. The molecule has 72 valence electrons. The average Bonchev–Trinajstić information content (AvgIpc) is 2.68. The van der Waals surface area contributed by atoms with E-state index in [2.05, 4.69) is 15.2 Å². The quantitative estimate of drug-likeness (QED) is 0.799. The predicted octanol–water partition coefficient (Wildman–Crippen LogP) is 2.41. The van der Waals surface area contributed by atoms with Crippen molar-refractivity contribution in [1.29, 1.82) is 0 Å². The van der Waals surface area contributed by atoms with Crippen LogP contribution in [0, 0.1) is 0 Å². The van der Waals surface area contributed by atoms with Gasteiger partial charge < -0.3 is 0 Å². The van der Waals surface area contributed by atoms with Gasteiger partial charge in [0.25, 0.3) is 6.43 Å². The number of pyridine rings is 1. The molecular weight excluding hydrogens is 188 g/mol. The van der Waals surface area contributed by atoms with E-state index in [1.807, 2.05) is 0 Å². The Morgan fingerprint density at radius 1 is 1.36 bits per heavy atom. The van der Waals surface area contributed by atoms with Gasteiger partial charge in [0.1, 0.15) is 5.69 Å². The molecule has 0 atom stereocenters. The fraction of sp³-hybridized carbons (Fsp3) is 0.111. The molecule has 0 aliphatic carbocycles. The third kappa shape index (κ3) is 1.61. The van der Waals surface area contributed by atoms with E-state index in [-0.39, 0.29) is 5.69 Å². The van der Waals surface area contributed by atoms with E-state index in [0.29, 0.717) is 5.69 Å². The number of halogens is 2. The average molecular weight is 195 g/mol. The van der Waals surface area contributed by atoms with E-state index >= 15 is 0 Å². The summed E-state index contributed by atoms with van der Waals surface area (Å²) in [6, 6.07) is 4.81. The highest BCUT2D eigenvalue weighted by molar-refractivity contribution is 5.57. The molecule has 0 amide bonds. The summed E-state index contributed by atoms with van der Waals surface area (Å²) in [6.45, 7) is 0. The molecule has 5 heteroatoms. The second kappa shape index (κ2) is 3.53. The van der Waals surface area contributed by atoms with Crippen molar-refractivity contribution in [3.8, 4) is 11.3 Å². The van der Waals surface area contributed by atoms with Gasteiger partial charge in [0.2, 0.25) is 0 Å². The summed E-state index contributed by atoms with van der Waals surface area (Å²) in [5.74, 6) is 0. The number of alkyl halides is 2. The van der Waals surface area contributed by atoms with E-state index in [9.17, 15) is 8.78 Å². The van der Waals surface area contributed by atoms with Gasteiger partial charge >= 0.3 is 0 Å². The Bertz CT molecular complexity index is 411. The molecule has 2 aromatic heterocycles. The van der Waals surface area contributed by atoms with Crippen LogP contribution < -0.4 is 0 Å². The Balaban J connectivity index is 2.34. The number of aromatic nitrogens is 3. The fourth-order valence-corrected chi connectivity index (χ4v) is 1.11. The maximum atomic E-state index is 12.2. The van der Waals surface area contributed by atoms with Crippen LogP contribution in [0.2, 0.25) is 0 Å². The molecule has 0 bridgehead atoms. The second-order valence-electron chi connectivity index (χ2n) is 2.75. The summed E-state index contributed by atoms with van der Waals surface area (Å²) in [6.07, 6.45) is 0.670. The number of rotatable bonds is 2. The smallest absolute Gasteiger partial charge is 0.276 e. The van der Waals surface area contributed by atoms with Gasteiger partial charge in [-0.15, -0.1) is 0 Å². The van der Waals surface area contributed by atoms with Gasteiger partial charge in [0.15, 0.2) is 0 Å². The molecule has 0 radical (unpaired) electrons. The van der Waals surface area contributed by atoms with Gasteiger partial charge in [-0.2, -0.15) is 5.10 Å². The van der Waals surface area contributed by atoms with Crippen molar-refractivity contribution in [2.75, 3.05) is 0 Å². The molecule has 0 fully saturated rings. The van der Waals surface area contributed by atoms with Crippen LogP contribution in [0.4, 0.5) is 8.78 Å². The molecule has 1 N–H and O–H groups in total. The van der Waals surface area contributed by atoms with Gasteiger partial charge in [-0.1, -0.05) is 0 Å². The first-order valence-electron chi connectivity index (χ1n) is 4.01. The standard InChI is InChI=1S/C9H7F2N3/c10-9(11)8-4-7(13-14-8)6-2-1-3-12-5-6/h1-5,9H,(H,13,14). The molecule has 3 nitrogen and oxygen atoms in total. The maximum absolute atomic E-state index is 12.2. The van der Waals surface area contributed by atoms with E-state index < -0.39 is 6.43 Å². The molecule has 2 rings (SSSR count). The van der Waals surface area contributed by atoms with Crippen LogP contribution in [0.5, 0.6) is 0 Å². The van der Waals surface area contributed by atoms with Gasteiger partial charge in [-0.3, -0.25) is 10.1 Å². The molecule has 0 aliphatic heterocycles. The highest BCUT2D eigenvalue weighted by Gasteiger charge is 2.11. The molecule has 2 heterocycles. The lowest BCUT2D eigenvalue weighted by atomic mass is 10.2. The minimum atomic E-state index is -2.52. The number of nitrogens with one attached hydrogen (secondary N) is 1. The first-order valence-corrected chi connectivity index (χ1v) is 4.01. The van der Waals surface area contributed by atoms with Crippen molar-refractivity contribution in [2.24, 2.45) is 0 Å². The summed E-state index contributed by atoms with van der Waals surface area (Å²) in [7, 11) is 0. The van der Waals surface area contributed by atoms with Crippen molar-refractivity contribution in [1.82, 2.24) is 15.2 Å². The molecule has 14 heavy (non-hydrogen) atoms. The summed E-state index contributed by atoms with van der Waals surface area (Å²) in [5, 5.41) is 6.04. The lowest BCUT2D eigenvalue weighted by molar-refractivity contribution is 0.146. The topological polar surface area (TPSA) is 41.6 Å². The zero-order valence-electron chi connectivity index (χ0n) is 7.11. The zero-order valence-corrected chi connectivity index (χ0v) is 7.11. The molecule has 0 aliphatic rings. The number of nitrogens with zero attached hydrogens (tertiary/aromatic N) is 2. The van der Waals surface area contributed by atoms with Crippen molar-refractivity contribution in [3.05, 3.63) is 36.3 Å². The Hall–Kier alpha value is -1.78. The minimum Gasteiger partial charge on any atom is -0.276 e. The van der Waals surface area contributed by atoms with E-state index in [0.717, 1.165) is 5.56 Å². The first-order chi connectivity index (χ1) is 6.77. The Kier molecular flexibility index (Phi) is 2.22. The summed E-state index contributed by atoms with van der Waals surface area (Å²) >= 11 is 0. The third-order valence-corrected chi connectivity index (χ3v) is 1.79. The Morgan fingerprint density at radius 2 is 2.21 bits per heavy atom. The fourth-order valence-electron chi connectivity index (χ4n) is 1.11. The van der Waals surface area contributed by atoms with Crippen LogP contribution in [-0.2, 0) is 0 Å². The van der Waals surface area contributed by atoms with Crippen LogP contribution in [0.3, 0.4) is 0 Å². The van der Waals surface area contributed by atoms with Crippen LogP contribution >= 0.6 is 0 Å². The molecule has 0 saturated carbocycles. The highest BCUT2D eigenvalue weighted by Crippen LogP contribution is 2.21. The molecule has 2 aromatic rings. The number of H-pyrrole nitrogens is 1. The highest BCUT2D eigenvalue weighted by atomic mass is 19.3. The summed E-state index contributed by atoms with van der Waals surface area (Å²) in [4.78, 5) is 3.87. The molecular formula is C9H7F2N3. The lowest BCUT2D eigenvalue weighted by Gasteiger charge is -1.92. The number of hydrogen-bond acceptors (Lipinski definition) is 2. The Labute approximate surface area is 78.8 Å². The van der Waals surface area contributed by atoms with Gasteiger partial charge in [0.05, 0.1) is 5.69 Å². The van der Waals surface area contributed by atoms with Gasteiger partial charge in [0, 0.05) is 18.0 Å². The van der Waals surface area contributed by atoms with Crippen molar-refractivity contribution < 1.29 is 8.78 Å². The molecule has 0 aromatic carbocycles.